The van der Waals surface area contributed by atoms with E-state index in [2.05, 4.69) is 4.98 Å². The Balaban J connectivity index is 2.19. The van der Waals surface area contributed by atoms with Crippen molar-refractivity contribution in [2.24, 2.45) is 0 Å². The number of nitrogens with zero attached hydrogens (tertiary/aromatic N) is 3. The molecule has 8 heteroatoms. The highest BCUT2D eigenvalue weighted by molar-refractivity contribution is 5.96. The van der Waals surface area contributed by atoms with Crippen molar-refractivity contribution in [1.82, 2.24) is 9.38 Å². The van der Waals surface area contributed by atoms with Crippen LogP contribution in [0, 0.1) is 6.92 Å². The number of rotatable bonds is 6. The maximum Gasteiger partial charge on any atom is 0.344 e. The van der Waals surface area contributed by atoms with E-state index in [9.17, 15) is 9.59 Å². The summed E-state index contributed by atoms with van der Waals surface area (Å²) in [6, 6.07) is 5.14. The van der Waals surface area contributed by atoms with Crippen LogP contribution in [0.4, 0.5) is 5.82 Å². The van der Waals surface area contributed by atoms with Crippen molar-refractivity contribution in [3.63, 3.8) is 0 Å². The van der Waals surface area contributed by atoms with E-state index in [1.54, 1.807) is 23.9 Å². The Kier molecular flexibility index (Phi) is 5.36. The molecule has 0 aromatic carbocycles. The third-order valence-electron chi connectivity index (χ3n) is 4.44. The molecule has 0 spiro atoms. The minimum Gasteiger partial charge on any atom is -0.462 e. The van der Waals surface area contributed by atoms with Crippen LogP contribution in [0.25, 0.3) is 16.7 Å². The van der Waals surface area contributed by atoms with Crippen LogP contribution in [0.1, 0.15) is 29.3 Å². The summed E-state index contributed by atoms with van der Waals surface area (Å²) < 4.78 is 13.3. The molecule has 2 N–H and O–H groups in total. The van der Waals surface area contributed by atoms with E-state index < -0.39 is 5.97 Å². The Bertz CT molecular complexity index is 1070. The zero-order chi connectivity index (χ0) is 19.6. The third-order valence-corrected chi connectivity index (χ3v) is 4.44. The fraction of sp³-hybridized carbons (Fsp3) is 0.368. The van der Waals surface area contributed by atoms with E-state index in [0.717, 1.165) is 5.56 Å². The number of esters is 1. The fourth-order valence-corrected chi connectivity index (χ4v) is 3.04. The topological polar surface area (TPSA) is 99.8 Å². The number of fused-ring (bicyclic) bond motifs is 2. The van der Waals surface area contributed by atoms with Gasteiger partial charge >= 0.3 is 5.97 Å². The number of hydrogen-bond acceptors (Lipinski definition) is 6. The van der Waals surface area contributed by atoms with Gasteiger partial charge in [-0.25, -0.2) is 9.36 Å². The molecule has 0 radical (unpaired) electrons. The Morgan fingerprint density at radius 3 is 2.85 bits per heavy atom. The molecule has 8 nitrogen and oxygen atoms in total. The third kappa shape index (κ3) is 3.35. The molecule has 3 heterocycles. The van der Waals surface area contributed by atoms with Crippen molar-refractivity contribution >= 4 is 28.5 Å². The quantitative estimate of drug-likeness (QED) is 0.303. The predicted molar refractivity (Wildman–Crippen MR) is 101 cm³/mol. The maximum atomic E-state index is 13.0. The molecule has 0 aliphatic rings. The normalized spacial score (nSPS) is 11.2. The van der Waals surface area contributed by atoms with Crippen LogP contribution in [0.3, 0.4) is 0 Å². The zero-order valence-electron chi connectivity index (χ0n) is 15.7. The number of hydrogen-bond donors (Lipinski definition) is 1. The summed E-state index contributed by atoms with van der Waals surface area (Å²) in [5, 5.41) is 0.318. The van der Waals surface area contributed by atoms with Gasteiger partial charge in [-0.15, -0.1) is 0 Å². The van der Waals surface area contributed by atoms with Gasteiger partial charge in [-0.3, -0.25) is 9.20 Å². The van der Waals surface area contributed by atoms with Gasteiger partial charge < -0.3 is 15.2 Å². The molecule has 0 aliphatic heterocycles. The number of ether oxygens (including phenoxy) is 2. The van der Waals surface area contributed by atoms with Gasteiger partial charge in [-0.1, -0.05) is 11.1 Å². The van der Waals surface area contributed by atoms with Crippen LogP contribution in [0.5, 0.6) is 0 Å². The number of pyridine rings is 2. The van der Waals surface area contributed by atoms with Gasteiger partial charge in [0.05, 0.1) is 13.2 Å². The van der Waals surface area contributed by atoms with Gasteiger partial charge in [-0.05, 0) is 26.0 Å². The number of carbonyl (C=O) groups is 1. The molecule has 27 heavy (non-hydrogen) atoms. The number of nitrogens with two attached hydrogens (primary N) is 1. The monoisotopic (exact) mass is 371 g/mol. The summed E-state index contributed by atoms with van der Waals surface area (Å²) in [5.74, 6) is -0.340. The molecule has 0 saturated carbocycles. The first-order chi connectivity index (χ1) is 13.0. The average molecular weight is 371 g/mol. The molecule has 0 fully saturated rings. The van der Waals surface area contributed by atoms with Crippen LogP contribution >= 0.6 is 0 Å². The van der Waals surface area contributed by atoms with E-state index in [1.807, 2.05) is 19.9 Å². The van der Waals surface area contributed by atoms with Crippen LogP contribution in [0.2, 0.25) is 0 Å². The van der Waals surface area contributed by atoms with Gasteiger partial charge in [0.15, 0.2) is 0 Å². The molecule has 0 aliphatic carbocycles. The second-order valence-corrected chi connectivity index (χ2v) is 6.21. The molecule has 0 unspecified atom stereocenters. The minimum atomic E-state index is -0.568. The molecule has 3 aromatic heterocycles. The molecule has 0 saturated heterocycles. The summed E-state index contributed by atoms with van der Waals surface area (Å²) in [6.07, 6.45) is 2.24. The first kappa shape index (κ1) is 18.8. The Morgan fingerprint density at radius 2 is 2.15 bits per heavy atom. The minimum absolute atomic E-state index is 0.160. The number of anilines is 1. The van der Waals surface area contributed by atoms with Crippen molar-refractivity contribution in [3.8, 4) is 0 Å². The van der Waals surface area contributed by atoms with E-state index >= 15 is 0 Å². The van der Waals surface area contributed by atoms with Crippen molar-refractivity contribution in [1.29, 1.82) is 0 Å². The zero-order valence-corrected chi connectivity index (χ0v) is 15.7. The second kappa shape index (κ2) is 7.71. The molecule has 0 amide bonds. The summed E-state index contributed by atoms with van der Waals surface area (Å²) in [5.41, 5.74) is 8.00. The highest BCUT2D eigenvalue weighted by Crippen LogP contribution is 2.16. The highest BCUT2D eigenvalue weighted by Gasteiger charge is 2.24. The predicted octanol–water partition coefficient (Wildman–Crippen LogP) is 1.24. The van der Waals surface area contributed by atoms with Crippen molar-refractivity contribution in [3.05, 3.63) is 45.9 Å². The molecule has 142 valence electrons. The second-order valence-electron chi connectivity index (χ2n) is 6.21. The van der Waals surface area contributed by atoms with Gasteiger partial charge in [0.25, 0.3) is 11.2 Å². The lowest BCUT2D eigenvalue weighted by Crippen LogP contribution is -2.41. The number of aromatic nitrogens is 3. The molecule has 0 atom stereocenters. The standard InChI is InChI=1S/C19H22N4O4/c1-4-22-15(20)13(19(25)27-10-6-9-26-3)11-14-17(22)21-16-12(2)7-5-8-23(16)18(14)24/h5,7-8,11,20H,4,6,9-10H2,1-3H3/p+1. The molecule has 0 bridgehead atoms. The van der Waals surface area contributed by atoms with Gasteiger partial charge in [0.1, 0.15) is 10.9 Å². The number of carbonyl (C=O) groups excluding carboxylic acids is 1. The number of nitrogen functional groups attached to an aromatic ring is 1. The van der Waals surface area contributed by atoms with Gasteiger partial charge in [-0.2, -0.15) is 0 Å². The first-order valence-corrected chi connectivity index (χ1v) is 8.79. The molecule has 3 rings (SSSR count). The summed E-state index contributed by atoms with van der Waals surface area (Å²) in [7, 11) is 1.58. The lowest BCUT2D eigenvalue weighted by molar-refractivity contribution is -0.655. The lowest BCUT2D eigenvalue weighted by Gasteiger charge is -2.11. The summed E-state index contributed by atoms with van der Waals surface area (Å²) in [6.45, 7) is 4.93. The summed E-state index contributed by atoms with van der Waals surface area (Å²) >= 11 is 0. The average Bonchev–Trinajstić information content (AvgIpc) is 2.66. The van der Waals surface area contributed by atoms with E-state index in [-0.39, 0.29) is 23.5 Å². The van der Waals surface area contributed by atoms with E-state index in [0.29, 0.717) is 36.3 Å². The largest absolute Gasteiger partial charge is 0.462 e. The Hall–Kier alpha value is -3.00. The molecular weight excluding hydrogens is 348 g/mol. The van der Waals surface area contributed by atoms with Crippen molar-refractivity contribution in [2.45, 2.75) is 26.8 Å². The van der Waals surface area contributed by atoms with Crippen molar-refractivity contribution in [2.75, 3.05) is 26.1 Å². The van der Waals surface area contributed by atoms with E-state index in [4.69, 9.17) is 15.2 Å². The van der Waals surface area contributed by atoms with Crippen LogP contribution in [-0.4, -0.2) is 35.7 Å². The molecular formula is C19H23N4O4+. The summed E-state index contributed by atoms with van der Waals surface area (Å²) in [4.78, 5) is 30.1. The first-order valence-electron chi connectivity index (χ1n) is 8.79. The SMILES string of the molecule is CC[n+]1c(N)c(C(=O)OCCCOC)cc2c(=O)n3cccc(C)c3nc21. The smallest absolute Gasteiger partial charge is 0.344 e. The van der Waals surface area contributed by atoms with E-state index in [1.165, 1.54) is 10.5 Å². The maximum absolute atomic E-state index is 13.0. The van der Waals surface area contributed by atoms with Crippen LogP contribution < -0.4 is 15.9 Å². The van der Waals surface area contributed by atoms with Crippen LogP contribution in [0.15, 0.2) is 29.2 Å². The van der Waals surface area contributed by atoms with Crippen molar-refractivity contribution < 1.29 is 18.8 Å². The van der Waals surface area contributed by atoms with Gasteiger partial charge in [0, 0.05) is 31.9 Å². The molecule has 3 aromatic rings. The highest BCUT2D eigenvalue weighted by atomic mass is 16.5. The fourth-order valence-electron chi connectivity index (χ4n) is 3.04. The van der Waals surface area contributed by atoms with Gasteiger partial charge in [0.2, 0.25) is 11.5 Å². The number of methoxy groups -OCH3 is 1. The van der Waals surface area contributed by atoms with Crippen LogP contribution in [-0.2, 0) is 16.0 Å². The number of aryl methyl sites for hydroxylation is 2. The lowest BCUT2D eigenvalue weighted by atomic mass is 10.2. The Labute approximate surface area is 156 Å². The Morgan fingerprint density at radius 1 is 1.37 bits per heavy atom.